The fourth-order valence-corrected chi connectivity index (χ4v) is 3.71. The Bertz CT molecular complexity index is 976. The van der Waals surface area contributed by atoms with E-state index in [2.05, 4.69) is 33.2 Å². The molecule has 2 aromatic rings. The summed E-state index contributed by atoms with van der Waals surface area (Å²) in [6.45, 7) is 7.49. The van der Waals surface area contributed by atoms with Gasteiger partial charge in [-0.2, -0.15) is 0 Å². The highest BCUT2D eigenvalue weighted by Gasteiger charge is 2.18. The molecule has 1 heterocycles. The van der Waals surface area contributed by atoms with Gasteiger partial charge >= 0.3 is 6.48 Å². The highest BCUT2D eigenvalue weighted by molar-refractivity contribution is 7.80. The fourth-order valence-electron chi connectivity index (χ4n) is 3.54. The van der Waals surface area contributed by atoms with Crippen LogP contribution in [0.25, 0.3) is 0 Å². The molecule has 3 rings (SSSR count). The van der Waals surface area contributed by atoms with Crippen molar-refractivity contribution in [1.29, 1.82) is 0 Å². The SMILES string of the molecule is COC(OC)Oc1ccc(C(C)C)cc1C(=O)NNC(=S)Nc1ccc(CN2CCOCC2)cc1. The van der Waals surface area contributed by atoms with Crippen LogP contribution in [0.1, 0.15) is 41.3 Å². The molecule has 0 spiro atoms. The van der Waals surface area contributed by atoms with E-state index < -0.39 is 12.4 Å². The van der Waals surface area contributed by atoms with Crippen LogP contribution in [-0.4, -0.2) is 62.9 Å². The molecule has 1 saturated heterocycles. The summed E-state index contributed by atoms with van der Waals surface area (Å²) in [6.07, 6.45) is 0. The minimum atomic E-state index is -0.937. The third-order valence-electron chi connectivity index (χ3n) is 5.53. The maximum absolute atomic E-state index is 13.0. The number of benzene rings is 2. The lowest BCUT2D eigenvalue weighted by Gasteiger charge is -2.26. The van der Waals surface area contributed by atoms with Crippen LogP contribution >= 0.6 is 12.2 Å². The van der Waals surface area contributed by atoms with Gasteiger partial charge in [-0.15, -0.1) is 0 Å². The molecule has 1 aliphatic heterocycles. The minimum Gasteiger partial charge on any atom is -0.440 e. The third kappa shape index (κ3) is 8.15. The smallest absolute Gasteiger partial charge is 0.315 e. The summed E-state index contributed by atoms with van der Waals surface area (Å²) >= 11 is 5.35. The monoisotopic (exact) mass is 502 g/mol. The predicted molar refractivity (Wildman–Crippen MR) is 138 cm³/mol. The molecular weight excluding hydrogens is 468 g/mol. The fraction of sp³-hybridized carbons (Fsp3) is 0.440. The zero-order valence-corrected chi connectivity index (χ0v) is 21.4. The van der Waals surface area contributed by atoms with Gasteiger partial charge in [-0.25, -0.2) is 0 Å². The van der Waals surface area contributed by atoms with E-state index >= 15 is 0 Å². The molecule has 0 bridgehead atoms. The summed E-state index contributed by atoms with van der Waals surface area (Å²) in [7, 11) is 2.91. The van der Waals surface area contributed by atoms with Crippen LogP contribution < -0.4 is 20.9 Å². The lowest BCUT2D eigenvalue weighted by molar-refractivity contribution is -0.219. The predicted octanol–water partition coefficient (Wildman–Crippen LogP) is 3.23. The van der Waals surface area contributed by atoms with Gasteiger partial charge in [0.05, 0.1) is 18.8 Å². The molecule has 0 saturated carbocycles. The zero-order chi connectivity index (χ0) is 25.2. The minimum absolute atomic E-state index is 0.234. The van der Waals surface area contributed by atoms with E-state index in [1.165, 1.54) is 19.8 Å². The number of nitrogens with one attached hydrogen (secondary N) is 3. The summed E-state index contributed by atoms with van der Waals surface area (Å²) in [4.78, 5) is 15.3. The largest absolute Gasteiger partial charge is 0.440 e. The first-order valence-corrected chi connectivity index (χ1v) is 11.9. The summed E-state index contributed by atoms with van der Waals surface area (Å²) in [6, 6.07) is 13.4. The van der Waals surface area contributed by atoms with Crippen LogP contribution in [-0.2, 0) is 20.8 Å². The number of carbonyl (C=O) groups excluding carboxylic acids is 1. The van der Waals surface area contributed by atoms with Crippen molar-refractivity contribution in [3.05, 3.63) is 59.2 Å². The number of hydrazine groups is 1. The number of carbonyl (C=O) groups is 1. The van der Waals surface area contributed by atoms with Gasteiger partial charge in [-0.3, -0.25) is 20.5 Å². The highest BCUT2D eigenvalue weighted by Crippen LogP contribution is 2.25. The van der Waals surface area contributed by atoms with Gasteiger partial charge in [0, 0.05) is 39.5 Å². The molecule has 0 aliphatic carbocycles. The lowest BCUT2D eigenvalue weighted by Crippen LogP contribution is -2.44. The number of hydrogen-bond acceptors (Lipinski definition) is 7. The van der Waals surface area contributed by atoms with Crippen LogP contribution in [0.5, 0.6) is 5.75 Å². The van der Waals surface area contributed by atoms with Gasteiger partial charge in [0.2, 0.25) is 0 Å². The van der Waals surface area contributed by atoms with Crippen LogP contribution in [0.2, 0.25) is 0 Å². The number of hydrogen-bond donors (Lipinski definition) is 3. The normalized spacial score (nSPS) is 14.1. The number of anilines is 1. The summed E-state index contributed by atoms with van der Waals surface area (Å²) in [5.74, 6) is 0.161. The Balaban J connectivity index is 1.57. The number of amides is 1. The Labute approximate surface area is 212 Å². The van der Waals surface area contributed by atoms with Crippen LogP contribution in [0.3, 0.4) is 0 Å². The van der Waals surface area contributed by atoms with Gasteiger partial charge in [0.15, 0.2) is 5.11 Å². The van der Waals surface area contributed by atoms with Crippen molar-refractivity contribution in [2.45, 2.75) is 32.8 Å². The Hall–Kier alpha value is -2.76. The van der Waals surface area contributed by atoms with E-state index in [0.717, 1.165) is 44.1 Å². The Kier molecular flexibility index (Phi) is 10.2. The van der Waals surface area contributed by atoms with Crippen LogP contribution in [0.4, 0.5) is 5.69 Å². The standard InChI is InChI=1S/C25H34N4O5S/c1-17(2)19-7-10-22(34-25(31-3)32-4)21(15-19)23(30)27-28-24(35)26-20-8-5-18(6-9-20)16-29-11-13-33-14-12-29/h5-10,15,17,25H,11-14,16H2,1-4H3,(H,27,30)(H2,26,28,35). The van der Waals surface area contributed by atoms with E-state index in [-0.39, 0.29) is 11.0 Å². The second kappa shape index (κ2) is 13.4. The Morgan fingerprint density at radius 1 is 1.06 bits per heavy atom. The summed E-state index contributed by atoms with van der Waals surface area (Å²) in [5, 5.41) is 3.33. The maximum atomic E-state index is 13.0. The quantitative estimate of drug-likeness (QED) is 0.271. The molecule has 1 amide bonds. The molecule has 10 heteroatoms. The van der Waals surface area contributed by atoms with Gasteiger partial charge in [0.25, 0.3) is 5.91 Å². The number of rotatable bonds is 9. The van der Waals surface area contributed by atoms with Crippen molar-refractivity contribution in [2.24, 2.45) is 0 Å². The average molecular weight is 503 g/mol. The summed E-state index contributed by atoms with van der Waals surface area (Å²) < 4.78 is 21.3. The number of ether oxygens (including phenoxy) is 4. The molecule has 35 heavy (non-hydrogen) atoms. The van der Waals surface area contributed by atoms with Crippen molar-refractivity contribution in [1.82, 2.24) is 15.8 Å². The van der Waals surface area contributed by atoms with E-state index in [0.29, 0.717) is 11.3 Å². The van der Waals surface area contributed by atoms with E-state index in [1.807, 2.05) is 32.0 Å². The van der Waals surface area contributed by atoms with Crippen molar-refractivity contribution >= 4 is 28.9 Å². The van der Waals surface area contributed by atoms with Crippen LogP contribution in [0.15, 0.2) is 42.5 Å². The van der Waals surface area contributed by atoms with Gasteiger partial charge < -0.3 is 24.3 Å². The maximum Gasteiger partial charge on any atom is 0.315 e. The Morgan fingerprint density at radius 3 is 2.37 bits per heavy atom. The number of methoxy groups -OCH3 is 2. The average Bonchev–Trinajstić information content (AvgIpc) is 2.87. The second-order valence-corrected chi connectivity index (χ2v) is 8.82. The van der Waals surface area contributed by atoms with Gasteiger partial charge in [0.1, 0.15) is 5.75 Å². The van der Waals surface area contributed by atoms with Gasteiger partial charge in [-0.05, 0) is 53.5 Å². The topological polar surface area (TPSA) is 93.3 Å². The van der Waals surface area contributed by atoms with Crippen molar-refractivity contribution in [3.8, 4) is 5.75 Å². The zero-order valence-electron chi connectivity index (χ0n) is 20.6. The molecule has 0 atom stereocenters. The molecule has 2 aromatic carbocycles. The van der Waals surface area contributed by atoms with Crippen molar-refractivity contribution in [2.75, 3.05) is 45.8 Å². The molecule has 9 nitrogen and oxygen atoms in total. The van der Waals surface area contributed by atoms with Crippen molar-refractivity contribution < 1.29 is 23.7 Å². The molecule has 0 unspecified atom stereocenters. The van der Waals surface area contributed by atoms with Crippen LogP contribution in [0, 0.1) is 0 Å². The summed E-state index contributed by atoms with van der Waals surface area (Å²) in [5.41, 5.74) is 8.73. The van der Waals surface area contributed by atoms with Crippen molar-refractivity contribution in [3.63, 3.8) is 0 Å². The Morgan fingerprint density at radius 2 is 1.74 bits per heavy atom. The molecule has 0 radical (unpaired) electrons. The highest BCUT2D eigenvalue weighted by atomic mass is 32.1. The lowest BCUT2D eigenvalue weighted by atomic mass is 10.00. The number of morpholine rings is 1. The second-order valence-electron chi connectivity index (χ2n) is 8.41. The molecule has 0 aromatic heterocycles. The molecule has 1 fully saturated rings. The first-order chi connectivity index (χ1) is 16.9. The first-order valence-electron chi connectivity index (χ1n) is 11.5. The number of thiocarbonyl (C=S) groups is 1. The molecule has 190 valence electrons. The van der Waals surface area contributed by atoms with E-state index in [4.69, 9.17) is 31.2 Å². The molecule has 1 aliphatic rings. The van der Waals surface area contributed by atoms with E-state index in [1.54, 1.807) is 12.1 Å². The van der Waals surface area contributed by atoms with Gasteiger partial charge in [-0.1, -0.05) is 32.0 Å². The van der Waals surface area contributed by atoms with E-state index in [9.17, 15) is 4.79 Å². The number of nitrogens with zero attached hydrogens (tertiary/aromatic N) is 1. The molecule has 3 N–H and O–H groups in total. The first kappa shape index (κ1) is 26.8. The molecular formula is C25H34N4O5S. The third-order valence-corrected chi connectivity index (χ3v) is 5.74.